The Morgan fingerprint density at radius 2 is 2.18 bits per heavy atom. The molecule has 146 valence electrons. The number of aromatic nitrogens is 2. The maximum atomic E-state index is 12.5. The first-order valence-corrected chi connectivity index (χ1v) is 9.33. The first-order valence-electron chi connectivity index (χ1n) is 9.33. The number of hydrogen-bond acceptors (Lipinski definition) is 7. The van der Waals surface area contributed by atoms with Gasteiger partial charge in [-0.25, -0.2) is 0 Å². The molecule has 1 fully saturated rings. The van der Waals surface area contributed by atoms with Gasteiger partial charge in [-0.1, -0.05) is 35.5 Å². The molecule has 2 aromatic heterocycles. The van der Waals surface area contributed by atoms with E-state index in [1.54, 1.807) is 12.1 Å². The number of amides is 1. The molecule has 1 aliphatic heterocycles. The average Bonchev–Trinajstić information content (AvgIpc) is 3.41. The Balaban J connectivity index is 1.56. The van der Waals surface area contributed by atoms with Gasteiger partial charge in [0.2, 0.25) is 5.89 Å². The summed E-state index contributed by atoms with van der Waals surface area (Å²) in [7, 11) is 2.04. The van der Waals surface area contributed by atoms with Gasteiger partial charge in [-0.15, -0.1) is 0 Å². The number of nitrogens with one attached hydrogen (secondary N) is 2. The molecule has 4 rings (SSSR count). The molecule has 1 amide bonds. The van der Waals surface area contributed by atoms with Gasteiger partial charge in [0.1, 0.15) is 6.04 Å². The Kier molecular flexibility index (Phi) is 5.50. The number of rotatable bonds is 6. The van der Waals surface area contributed by atoms with Crippen LogP contribution in [0.15, 0.2) is 57.7 Å². The number of carbonyl (C=O) groups is 1. The standard InChI is InChI=1S/C20H23N5O3/c1-25-10-9-21-13-16(25)18-23-20(28-24-18)15(12-14-6-3-2-4-7-14)22-19(26)17-8-5-11-27-17/h2-8,11,15-16,21H,9-10,12-13H2,1H3,(H,22,26). The maximum absolute atomic E-state index is 12.5. The molecular formula is C20H23N5O3. The predicted molar refractivity (Wildman–Crippen MR) is 102 cm³/mol. The van der Waals surface area contributed by atoms with Gasteiger partial charge in [-0.05, 0) is 24.7 Å². The van der Waals surface area contributed by atoms with Crippen LogP contribution < -0.4 is 10.6 Å². The zero-order valence-corrected chi connectivity index (χ0v) is 15.7. The first-order chi connectivity index (χ1) is 13.7. The van der Waals surface area contributed by atoms with Crippen LogP contribution in [-0.2, 0) is 6.42 Å². The second kappa shape index (κ2) is 8.37. The lowest BCUT2D eigenvalue weighted by Crippen LogP contribution is -2.44. The lowest BCUT2D eigenvalue weighted by atomic mass is 10.1. The molecule has 0 bridgehead atoms. The molecule has 2 unspecified atom stereocenters. The fourth-order valence-electron chi connectivity index (χ4n) is 3.31. The Hall–Kier alpha value is -2.97. The van der Waals surface area contributed by atoms with E-state index in [9.17, 15) is 4.79 Å². The molecule has 2 N–H and O–H groups in total. The van der Waals surface area contributed by atoms with Crippen molar-refractivity contribution >= 4 is 5.91 Å². The van der Waals surface area contributed by atoms with Crippen LogP contribution in [0.1, 0.15) is 39.9 Å². The van der Waals surface area contributed by atoms with Crippen molar-refractivity contribution in [1.82, 2.24) is 25.7 Å². The molecule has 8 nitrogen and oxygen atoms in total. The Morgan fingerprint density at radius 1 is 1.32 bits per heavy atom. The molecule has 28 heavy (non-hydrogen) atoms. The molecule has 1 aliphatic rings. The Morgan fingerprint density at radius 3 is 2.93 bits per heavy atom. The third kappa shape index (κ3) is 4.13. The Bertz CT molecular complexity index is 894. The summed E-state index contributed by atoms with van der Waals surface area (Å²) in [5.74, 6) is 0.934. The highest BCUT2D eigenvalue weighted by Crippen LogP contribution is 2.22. The third-order valence-corrected chi connectivity index (χ3v) is 4.90. The van der Waals surface area contributed by atoms with Crippen LogP contribution in [-0.4, -0.2) is 47.6 Å². The lowest BCUT2D eigenvalue weighted by molar-refractivity contribution is 0.0900. The van der Waals surface area contributed by atoms with Gasteiger partial charge < -0.3 is 19.6 Å². The van der Waals surface area contributed by atoms with E-state index in [0.717, 1.165) is 25.2 Å². The van der Waals surface area contributed by atoms with Crippen LogP contribution in [0.3, 0.4) is 0 Å². The van der Waals surface area contributed by atoms with Crippen LogP contribution >= 0.6 is 0 Å². The van der Waals surface area contributed by atoms with Crippen molar-refractivity contribution in [2.75, 3.05) is 26.7 Å². The van der Waals surface area contributed by atoms with Crippen molar-refractivity contribution in [1.29, 1.82) is 0 Å². The van der Waals surface area contributed by atoms with Gasteiger partial charge in [0.15, 0.2) is 11.6 Å². The fraction of sp³-hybridized carbons (Fsp3) is 0.350. The fourth-order valence-corrected chi connectivity index (χ4v) is 3.31. The van der Waals surface area contributed by atoms with Crippen LogP contribution in [0, 0.1) is 0 Å². The summed E-state index contributed by atoms with van der Waals surface area (Å²) < 4.78 is 10.8. The van der Waals surface area contributed by atoms with E-state index in [1.165, 1.54) is 6.26 Å². The monoisotopic (exact) mass is 381 g/mol. The molecule has 0 spiro atoms. The molecule has 0 aliphatic carbocycles. The zero-order valence-electron chi connectivity index (χ0n) is 15.7. The molecular weight excluding hydrogens is 358 g/mol. The number of piperazine rings is 1. The van der Waals surface area contributed by atoms with Crippen molar-refractivity contribution < 1.29 is 13.7 Å². The molecule has 8 heteroatoms. The number of benzene rings is 1. The normalized spacial score (nSPS) is 18.7. The molecule has 3 aromatic rings. The van der Waals surface area contributed by atoms with Gasteiger partial charge in [-0.2, -0.15) is 4.98 Å². The molecule has 1 aromatic carbocycles. The van der Waals surface area contributed by atoms with Gasteiger partial charge >= 0.3 is 0 Å². The van der Waals surface area contributed by atoms with E-state index in [0.29, 0.717) is 18.1 Å². The second-order valence-electron chi connectivity index (χ2n) is 6.88. The molecule has 0 radical (unpaired) electrons. The summed E-state index contributed by atoms with van der Waals surface area (Å²) in [5.41, 5.74) is 1.06. The summed E-state index contributed by atoms with van der Waals surface area (Å²) in [4.78, 5) is 19.3. The van der Waals surface area contributed by atoms with Crippen molar-refractivity contribution in [3.05, 3.63) is 71.8 Å². The van der Waals surface area contributed by atoms with E-state index in [2.05, 4.69) is 25.7 Å². The van der Waals surface area contributed by atoms with Crippen LogP contribution in [0.2, 0.25) is 0 Å². The summed E-state index contributed by atoms with van der Waals surface area (Å²) >= 11 is 0. The minimum Gasteiger partial charge on any atom is -0.459 e. The van der Waals surface area contributed by atoms with Crippen LogP contribution in [0.25, 0.3) is 0 Å². The summed E-state index contributed by atoms with van der Waals surface area (Å²) in [6.45, 7) is 2.61. The summed E-state index contributed by atoms with van der Waals surface area (Å²) in [6, 6.07) is 12.8. The average molecular weight is 381 g/mol. The van der Waals surface area contributed by atoms with E-state index in [4.69, 9.17) is 8.94 Å². The highest BCUT2D eigenvalue weighted by Gasteiger charge is 2.28. The van der Waals surface area contributed by atoms with Crippen molar-refractivity contribution in [2.45, 2.75) is 18.5 Å². The quantitative estimate of drug-likeness (QED) is 0.674. The number of likely N-dealkylation sites (N-methyl/N-ethyl adjacent to an activating group) is 1. The van der Waals surface area contributed by atoms with Gasteiger partial charge in [0.25, 0.3) is 5.91 Å². The number of nitrogens with zero attached hydrogens (tertiary/aromatic N) is 3. The van der Waals surface area contributed by atoms with Gasteiger partial charge in [0, 0.05) is 26.1 Å². The smallest absolute Gasteiger partial charge is 0.287 e. The van der Waals surface area contributed by atoms with E-state index in [-0.39, 0.29) is 17.7 Å². The number of furan rings is 1. The van der Waals surface area contributed by atoms with Gasteiger partial charge in [-0.3, -0.25) is 9.69 Å². The third-order valence-electron chi connectivity index (χ3n) is 4.90. The molecule has 1 saturated heterocycles. The molecule has 3 heterocycles. The summed E-state index contributed by atoms with van der Waals surface area (Å²) in [6.07, 6.45) is 2.01. The van der Waals surface area contributed by atoms with Gasteiger partial charge in [0.05, 0.1) is 12.3 Å². The Labute approximate surface area is 162 Å². The van der Waals surface area contributed by atoms with Crippen LogP contribution in [0.5, 0.6) is 0 Å². The SMILES string of the molecule is CN1CCNCC1c1noc(C(Cc2ccccc2)NC(=O)c2ccco2)n1. The highest BCUT2D eigenvalue weighted by atomic mass is 16.5. The lowest BCUT2D eigenvalue weighted by Gasteiger charge is -2.30. The van der Waals surface area contributed by atoms with E-state index < -0.39 is 6.04 Å². The van der Waals surface area contributed by atoms with Crippen molar-refractivity contribution in [3.8, 4) is 0 Å². The first kappa shape index (κ1) is 18.4. The molecule has 0 saturated carbocycles. The predicted octanol–water partition coefficient (Wildman–Crippen LogP) is 1.95. The minimum absolute atomic E-state index is 0.0457. The largest absolute Gasteiger partial charge is 0.459 e. The van der Waals surface area contributed by atoms with E-state index >= 15 is 0 Å². The summed E-state index contributed by atoms with van der Waals surface area (Å²) in [5, 5.41) is 10.5. The number of carbonyl (C=O) groups excluding carboxylic acids is 1. The zero-order chi connectivity index (χ0) is 19.3. The van der Waals surface area contributed by atoms with Crippen molar-refractivity contribution in [2.24, 2.45) is 0 Å². The maximum Gasteiger partial charge on any atom is 0.287 e. The second-order valence-corrected chi connectivity index (χ2v) is 6.88. The number of hydrogen-bond donors (Lipinski definition) is 2. The van der Waals surface area contributed by atoms with Crippen LogP contribution in [0.4, 0.5) is 0 Å². The topological polar surface area (TPSA) is 96.4 Å². The molecule has 2 atom stereocenters. The van der Waals surface area contributed by atoms with Crippen molar-refractivity contribution in [3.63, 3.8) is 0 Å². The minimum atomic E-state index is -0.455. The van der Waals surface area contributed by atoms with E-state index in [1.807, 2.05) is 37.4 Å². The highest BCUT2D eigenvalue weighted by molar-refractivity contribution is 5.91.